The molecule has 0 saturated carbocycles. The van der Waals surface area contributed by atoms with Crippen molar-refractivity contribution < 1.29 is 14.3 Å². The van der Waals surface area contributed by atoms with Crippen LogP contribution in [-0.2, 0) is 11.2 Å². The normalized spacial score (nSPS) is 10.1. The zero-order chi connectivity index (χ0) is 17.5. The van der Waals surface area contributed by atoms with Gasteiger partial charge in [-0.15, -0.1) is 0 Å². The van der Waals surface area contributed by atoms with E-state index in [1.165, 1.54) is 0 Å². The quantitative estimate of drug-likeness (QED) is 0.738. The Bertz CT molecular complexity index is 850. The second-order valence-corrected chi connectivity index (χ2v) is 5.31. The number of ether oxygens (including phenoxy) is 2. The minimum Gasteiger partial charge on any atom is -0.496 e. The summed E-state index contributed by atoms with van der Waals surface area (Å²) in [6.45, 7) is 0. The molecule has 5 nitrogen and oxygen atoms in total. The number of carbonyl (C=O) groups excluding carboxylic acids is 1. The Balaban J connectivity index is 1.73. The molecule has 0 unspecified atom stereocenters. The van der Waals surface area contributed by atoms with Gasteiger partial charge < -0.3 is 14.8 Å². The number of rotatable bonds is 6. The van der Waals surface area contributed by atoms with E-state index in [1.807, 2.05) is 54.6 Å². The fourth-order valence-corrected chi connectivity index (χ4v) is 2.38. The number of nitrogens with zero attached hydrogens (tertiary/aromatic N) is 1. The van der Waals surface area contributed by atoms with Gasteiger partial charge in [0.25, 0.3) is 0 Å². The van der Waals surface area contributed by atoms with Crippen molar-refractivity contribution >= 4 is 11.6 Å². The summed E-state index contributed by atoms with van der Waals surface area (Å²) in [7, 11) is 1.59. The van der Waals surface area contributed by atoms with Crippen LogP contribution in [0.5, 0.6) is 17.4 Å². The number of hydrogen-bond acceptors (Lipinski definition) is 4. The van der Waals surface area contributed by atoms with Gasteiger partial charge in [-0.25, -0.2) is 4.98 Å². The Morgan fingerprint density at radius 3 is 2.56 bits per heavy atom. The Hall–Kier alpha value is -3.34. The molecule has 1 aromatic heterocycles. The van der Waals surface area contributed by atoms with Crippen LogP contribution in [0.4, 0.5) is 5.69 Å². The summed E-state index contributed by atoms with van der Waals surface area (Å²) in [4.78, 5) is 16.6. The van der Waals surface area contributed by atoms with Crippen LogP contribution in [0, 0.1) is 0 Å². The van der Waals surface area contributed by atoms with Gasteiger partial charge in [-0.1, -0.05) is 36.4 Å². The summed E-state index contributed by atoms with van der Waals surface area (Å²) >= 11 is 0. The predicted molar refractivity (Wildman–Crippen MR) is 96.1 cm³/mol. The molecule has 3 rings (SSSR count). The Morgan fingerprint density at radius 1 is 1.00 bits per heavy atom. The lowest BCUT2D eigenvalue weighted by Gasteiger charge is -2.12. The molecule has 1 heterocycles. The summed E-state index contributed by atoms with van der Waals surface area (Å²) in [5.41, 5.74) is 1.34. The Morgan fingerprint density at radius 2 is 1.76 bits per heavy atom. The number of carbonyl (C=O) groups is 1. The first-order chi connectivity index (χ1) is 12.3. The maximum atomic E-state index is 12.4. The van der Waals surface area contributed by atoms with E-state index in [4.69, 9.17) is 9.47 Å². The van der Waals surface area contributed by atoms with Crippen LogP contribution >= 0.6 is 0 Å². The minimum atomic E-state index is -0.171. The van der Waals surface area contributed by atoms with Gasteiger partial charge in [-0.05, 0) is 30.3 Å². The molecule has 1 amide bonds. The largest absolute Gasteiger partial charge is 0.496 e. The highest BCUT2D eigenvalue weighted by Gasteiger charge is 2.12. The fraction of sp³-hybridized carbons (Fsp3) is 0.100. The molecule has 0 radical (unpaired) electrons. The number of para-hydroxylation sites is 2. The number of nitrogens with one attached hydrogen (secondary N) is 1. The number of hydrogen-bond donors (Lipinski definition) is 1. The molecule has 0 saturated heterocycles. The molecule has 25 heavy (non-hydrogen) atoms. The van der Waals surface area contributed by atoms with Crippen molar-refractivity contribution in [2.75, 3.05) is 12.4 Å². The monoisotopic (exact) mass is 334 g/mol. The maximum Gasteiger partial charge on any atom is 0.243 e. The van der Waals surface area contributed by atoms with Gasteiger partial charge in [-0.2, -0.15) is 0 Å². The molecule has 3 aromatic rings. The van der Waals surface area contributed by atoms with Gasteiger partial charge in [0.1, 0.15) is 17.2 Å². The van der Waals surface area contributed by atoms with Crippen molar-refractivity contribution in [3.8, 4) is 17.4 Å². The second-order valence-electron chi connectivity index (χ2n) is 5.31. The van der Waals surface area contributed by atoms with Crippen molar-refractivity contribution in [1.29, 1.82) is 0 Å². The number of methoxy groups -OCH3 is 1. The topological polar surface area (TPSA) is 60.5 Å². The summed E-state index contributed by atoms with van der Waals surface area (Å²) in [6.07, 6.45) is 1.82. The molecule has 126 valence electrons. The third-order valence-corrected chi connectivity index (χ3v) is 3.55. The summed E-state index contributed by atoms with van der Waals surface area (Å²) in [5.74, 6) is 1.52. The molecule has 5 heteroatoms. The molecular formula is C20H18N2O3. The van der Waals surface area contributed by atoms with Gasteiger partial charge >= 0.3 is 0 Å². The predicted octanol–water partition coefficient (Wildman–Crippen LogP) is 4.06. The first kappa shape index (κ1) is 16.5. The van der Waals surface area contributed by atoms with Gasteiger partial charge in [0, 0.05) is 11.8 Å². The number of anilines is 1. The molecule has 2 aromatic carbocycles. The number of pyridine rings is 1. The Kier molecular flexibility index (Phi) is 5.26. The number of benzene rings is 2. The van der Waals surface area contributed by atoms with E-state index < -0.39 is 0 Å². The Labute approximate surface area is 146 Å². The average molecular weight is 334 g/mol. The van der Waals surface area contributed by atoms with E-state index in [0.717, 1.165) is 5.56 Å². The minimum absolute atomic E-state index is 0.171. The average Bonchev–Trinajstić information content (AvgIpc) is 2.64. The van der Waals surface area contributed by atoms with E-state index in [9.17, 15) is 4.79 Å². The SMILES string of the molecule is COc1ccccc1CC(=O)Nc1cccnc1Oc1ccccc1. The van der Waals surface area contributed by atoms with Crippen molar-refractivity contribution in [2.24, 2.45) is 0 Å². The zero-order valence-electron chi connectivity index (χ0n) is 13.8. The van der Waals surface area contributed by atoms with Gasteiger partial charge in [0.2, 0.25) is 11.8 Å². The van der Waals surface area contributed by atoms with E-state index in [-0.39, 0.29) is 12.3 Å². The van der Waals surface area contributed by atoms with Crippen LogP contribution in [0.2, 0.25) is 0 Å². The molecule has 0 aliphatic heterocycles. The van der Waals surface area contributed by atoms with Gasteiger partial charge in [-0.3, -0.25) is 4.79 Å². The van der Waals surface area contributed by atoms with Crippen LogP contribution in [0.3, 0.4) is 0 Å². The summed E-state index contributed by atoms with van der Waals surface area (Å²) in [6, 6.07) is 20.2. The number of amides is 1. The molecule has 0 fully saturated rings. The molecule has 0 aliphatic rings. The highest BCUT2D eigenvalue weighted by atomic mass is 16.5. The highest BCUT2D eigenvalue weighted by Crippen LogP contribution is 2.27. The highest BCUT2D eigenvalue weighted by molar-refractivity contribution is 5.93. The number of aromatic nitrogens is 1. The summed E-state index contributed by atoms with van der Waals surface area (Å²) < 4.78 is 11.0. The third-order valence-electron chi connectivity index (χ3n) is 3.55. The van der Waals surface area contributed by atoms with Crippen LogP contribution in [0.15, 0.2) is 72.9 Å². The van der Waals surface area contributed by atoms with Crippen LogP contribution in [-0.4, -0.2) is 18.0 Å². The molecule has 1 N–H and O–H groups in total. The van der Waals surface area contributed by atoms with E-state index in [0.29, 0.717) is 23.1 Å². The summed E-state index contributed by atoms with van der Waals surface area (Å²) in [5, 5.41) is 2.85. The first-order valence-corrected chi connectivity index (χ1v) is 7.86. The maximum absolute atomic E-state index is 12.4. The van der Waals surface area contributed by atoms with Crippen LogP contribution in [0.25, 0.3) is 0 Å². The molecule has 0 bridgehead atoms. The van der Waals surface area contributed by atoms with Crippen LogP contribution < -0.4 is 14.8 Å². The van der Waals surface area contributed by atoms with Gasteiger partial charge in [0.05, 0.1) is 13.5 Å². The lowest BCUT2D eigenvalue weighted by atomic mass is 10.1. The van der Waals surface area contributed by atoms with Gasteiger partial charge in [0.15, 0.2) is 0 Å². The lowest BCUT2D eigenvalue weighted by molar-refractivity contribution is -0.115. The third kappa shape index (κ3) is 4.35. The van der Waals surface area contributed by atoms with E-state index in [1.54, 1.807) is 25.4 Å². The van der Waals surface area contributed by atoms with Crippen molar-refractivity contribution in [1.82, 2.24) is 4.98 Å². The van der Waals surface area contributed by atoms with E-state index >= 15 is 0 Å². The fourth-order valence-electron chi connectivity index (χ4n) is 2.38. The molecule has 0 spiro atoms. The molecular weight excluding hydrogens is 316 g/mol. The second kappa shape index (κ2) is 7.97. The van der Waals surface area contributed by atoms with Crippen molar-refractivity contribution in [3.05, 3.63) is 78.5 Å². The van der Waals surface area contributed by atoms with E-state index in [2.05, 4.69) is 10.3 Å². The van der Waals surface area contributed by atoms with Crippen molar-refractivity contribution in [3.63, 3.8) is 0 Å². The molecule has 0 aliphatic carbocycles. The smallest absolute Gasteiger partial charge is 0.243 e. The molecule has 0 atom stereocenters. The van der Waals surface area contributed by atoms with Crippen molar-refractivity contribution in [2.45, 2.75) is 6.42 Å². The van der Waals surface area contributed by atoms with Crippen LogP contribution in [0.1, 0.15) is 5.56 Å². The zero-order valence-corrected chi connectivity index (χ0v) is 13.8. The first-order valence-electron chi connectivity index (χ1n) is 7.86. The lowest BCUT2D eigenvalue weighted by Crippen LogP contribution is -2.15. The standard InChI is InChI=1S/C20H18N2O3/c1-24-18-12-6-5-8-15(18)14-19(23)22-17-11-7-13-21-20(17)25-16-9-3-2-4-10-16/h2-13H,14H2,1H3,(H,22,23).